The molecular weight excluding hydrogens is 276 g/mol. The van der Waals surface area contributed by atoms with Crippen LogP contribution in [0.2, 0.25) is 0 Å². The van der Waals surface area contributed by atoms with E-state index in [0.29, 0.717) is 18.3 Å². The molecule has 0 spiro atoms. The molecule has 5 heteroatoms. The van der Waals surface area contributed by atoms with Crippen LogP contribution in [0.5, 0.6) is 0 Å². The fraction of sp³-hybridized carbons (Fsp3) is 0.882. The lowest BCUT2D eigenvalue weighted by Gasteiger charge is -2.34. The second-order valence-corrected chi connectivity index (χ2v) is 6.18. The van der Waals surface area contributed by atoms with Crippen LogP contribution in [0.3, 0.4) is 0 Å². The van der Waals surface area contributed by atoms with Crippen molar-refractivity contribution in [1.29, 1.82) is 0 Å². The van der Waals surface area contributed by atoms with Crippen molar-refractivity contribution in [3.05, 3.63) is 0 Å². The normalized spacial score (nSPS) is 17.0. The molecule has 1 heterocycles. The van der Waals surface area contributed by atoms with Gasteiger partial charge in [-0.3, -0.25) is 9.79 Å². The largest absolute Gasteiger partial charge is 0.359 e. The molecule has 0 aliphatic carbocycles. The number of aliphatic imine (C=N–C) groups is 1. The molecule has 2 N–H and O–H groups in total. The topological polar surface area (TPSA) is 56.7 Å². The maximum Gasteiger partial charge on any atom is 0.220 e. The monoisotopic (exact) mass is 310 g/mol. The summed E-state index contributed by atoms with van der Waals surface area (Å²) in [5.41, 5.74) is 0. The van der Waals surface area contributed by atoms with Crippen LogP contribution >= 0.6 is 0 Å². The second-order valence-electron chi connectivity index (χ2n) is 6.18. The molecular formula is C17H34N4O. The van der Waals surface area contributed by atoms with Gasteiger partial charge in [0.1, 0.15) is 0 Å². The molecule has 1 amide bonds. The van der Waals surface area contributed by atoms with Gasteiger partial charge in [0.2, 0.25) is 5.91 Å². The van der Waals surface area contributed by atoms with Crippen LogP contribution < -0.4 is 10.6 Å². The summed E-state index contributed by atoms with van der Waals surface area (Å²) in [7, 11) is 1.71. The number of nitrogens with one attached hydrogen (secondary N) is 2. The molecule has 0 unspecified atom stereocenters. The standard InChI is InChI=1S/C17H34N4O/c1-5-14(6-2)13-20-17(19-7-3)21-10-8-15(9-11-21)12-16(22)18-4/h14-15H,5-13H2,1-4H3,(H,18,22)(H,19,20). The van der Waals surface area contributed by atoms with Gasteiger partial charge in [-0.05, 0) is 31.6 Å². The van der Waals surface area contributed by atoms with E-state index in [1.165, 1.54) is 12.8 Å². The molecule has 0 radical (unpaired) electrons. The van der Waals surface area contributed by atoms with Crippen molar-refractivity contribution in [2.75, 3.05) is 33.2 Å². The van der Waals surface area contributed by atoms with Crippen molar-refractivity contribution < 1.29 is 4.79 Å². The van der Waals surface area contributed by atoms with Crippen molar-refractivity contribution in [2.24, 2.45) is 16.8 Å². The molecule has 1 aliphatic heterocycles. The summed E-state index contributed by atoms with van der Waals surface area (Å²) in [6.45, 7) is 10.4. The highest BCUT2D eigenvalue weighted by Gasteiger charge is 2.23. The summed E-state index contributed by atoms with van der Waals surface area (Å²) in [6, 6.07) is 0. The predicted octanol–water partition coefficient (Wildman–Crippen LogP) is 2.24. The zero-order valence-electron chi connectivity index (χ0n) is 14.8. The van der Waals surface area contributed by atoms with Crippen molar-refractivity contribution >= 4 is 11.9 Å². The van der Waals surface area contributed by atoms with Gasteiger partial charge in [-0.25, -0.2) is 0 Å². The van der Waals surface area contributed by atoms with E-state index in [4.69, 9.17) is 4.99 Å². The molecule has 1 saturated heterocycles. The Kier molecular flexibility index (Phi) is 8.94. The van der Waals surface area contributed by atoms with Crippen molar-refractivity contribution in [2.45, 2.75) is 52.9 Å². The first-order valence-corrected chi connectivity index (χ1v) is 8.88. The van der Waals surface area contributed by atoms with Gasteiger partial charge in [0.15, 0.2) is 5.96 Å². The minimum absolute atomic E-state index is 0.160. The zero-order valence-corrected chi connectivity index (χ0v) is 14.8. The highest BCUT2D eigenvalue weighted by Crippen LogP contribution is 2.20. The number of hydrogen-bond acceptors (Lipinski definition) is 2. The molecule has 0 aromatic heterocycles. The van der Waals surface area contributed by atoms with Crippen LogP contribution in [-0.4, -0.2) is 50.0 Å². The first-order valence-electron chi connectivity index (χ1n) is 8.88. The van der Waals surface area contributed by atoms with Gasteiger partial charge in [-0.2, -0.15) is 0 Å². The third-order valence-electron chi connectivity index (χ3n) is 4.66. The first-order chi connectivity index (χ1) is 10.6. The molecule has 5 nitrogen and oxygen atoms in total. The first kappa shape index (κ1) is 18.8. The minimum atomic E-state index is 0.160. The molecule has 0 aromatic carbocycles. The van der Waals surface area contributed by atoms with E-state index < -0.39 is 0 Å². The third kappa shape index (κ3) is 6.24. The molecule has 1 fully saturated rings. The Labute approximate surface area is 135 Å². The van der Waals surface area contributed by atoms with Gasteiger partial charge in [-0.15, -0.1) is 0 Å². The maximum atomic E-state index is 11.5. The zero-order chi connectivity index (χ0) is 16.4. The van der Waals surface area contributed by atoms with Gasteiger partial charge < -0.3 is 15.5 Å². The number of guanidine groups is 1. The van der Waals surface area contributed by atoms with Crippen LogP contribution in [-0.2, 0) is 4.79 Å². The van der Waals surface area contributed by atoms with Crippen molar-refractivity contribution in [3.8, 4) is 0 Å². The fourth-order valence-electron chi connectivity index (χ4n) is 2.90. The summed E-state index contributed by atoms with van der Waals surface area (Å²) in [4.78, 5) is 18.7. The van der Waals surface area contributed by atoms with Crippen LogP contribution in [0.15, 0.2) is 4.99 Å². The van der Waals surface area contributed by atoms with Gasteiger partial charge in [0.05, 0.1) is 0 Å². The van der Waals surface area contributed by atoms with Gasteiger partial charge in [-0.1, -0.05) is 26.7 Å². The number of carbonyl (C=O) groups excluding carboxylic acids is 1. The molecule has 128 valence electrons. The van der Waals surface area contributed by atoms with Crippen LogP contribution in [0.1, 0.15) is 52.9 Å². The molecule has 1 aliphatic rings. The summed E-state index contributed by atoms with van der Waals surface area (Å²) in [5, 5.41) is 6.14. The van der Waals surface area contributed by atoms with Crippen LogP contribution in [0.25, 0.3) is 0 Å². The number of likely N-dealkylation sites (tertiary alicyclic amines) is 1. The van der Waals surface area contributed by atoms with Gasteiger partial charge in [0.25, 0.3) is 0 Å². The van der Waals surface area contributed by atoms with Crippen LogP contribution in [0.4, 0.5) is 0 Å². The molecule has 22 heavy (non-hydrogen) atoms. The summed E-state index contributed by atoms with van der Waals surface area (Å²) in [5.74, 6) is 2.40. The molecule has 0 atom stereocenters. The highest BCUT2D eigenvalue weighted by molar-refractivity contribution is 5.80. The van der Waals surface area contributed by atoms with E-state index >= 15 is 0 Å². The average Bonchev–Trinajstić information content (AvgIpc) is 2.55. The van der Waals surface area contributed by atoms with E-state index in [1.807, 2.05) is 0 Å². The van der Waals surface area contributed by atoms with E-state index in [2.05, 4.69) is 36.3 Å². The Bertz CT molecular complexity index is 345. The number of amides is 1. The van der Waals surface area contributed by atoms with E-state index in [-0.39, 0.29) is 5.91 Å². The Morgan fingerprint density at radius 2 is 1.86 bits per heavy atom. The second kappa shape index (κ2) is 10.5. The SMILES string of the molecule is CCNC(=NCC(CC)CC)N1CCC(CC(=O)NC)CC1. The van der Waals surface area contributed by atoms with Crippen molar-refractivity contribution in [3.63, 3.8) is 0 Å². The lowest BCUT2D eigenvalue weighted by Crippen LogP contribution is -2.46. The Balaban J connectivity index is 2.52. The Morgan fingerprint density at radius 1 is 1.23 bits per heavy atom. The van der Waals surface area contributed by atoms with Crippen molar-refractivity contribution in [1.82, 2.24) is 15.5 Å². The lowest BCUT2D eigenvalue weighted by molar-refractivity contribution is -0.121. The quantitative estimate of drug-likeness (QED) is 0.560. The van der Waals surface area contributed by atoms with E-state index in [1.54, 1.807) is 7.05 Å². The van der Waals surface area contributed by atoms with Crippen LogP contribution in [0, 0.1) is 11.8 Å². The summed E-state index contributed by atoms with van der Waals surface area (Å²) < 4.78 is 0. The smallest absolute Gasteiger partial charge is 0.220 e. The van der Waals surface area contributed by atoms with Gasteiger partial charge >= 0.3 is 0 Å². The minimum Gasteiger partial charge on any atom is -0.359 e. The van der Waals surface area contributed by atoms with E-state index in [9.17, 15) is 4.79 Å². The molecule has 0 bridgehead atoms. The highest BCUT2D eigenvalue weighted by atomic mass is 16.1. The Morgan fingerprint density at radius 3 is 2.36 bits per heavy atom. The molecule has 1 rings (SSSR count). The van der Waals surface area contributed by atoms with E-state index in [0.717, 1.165) is 45.0 Å². The fourth-order valence-corrected chi connectivity index (χ4v) is 2.90. The number of nitrogens with zero attached hydrogens (tertiary/aromatic N) is 2. The summed E-state index contributed by atoms with van der Waals surface area (Å²) >= 11 is 0. The maximum absolute atomic E-state index is 11.5. The third-order valence-corrected chi connectivity index (χ3v) is 4.66. The number of rotatable bonds is 7. The Hall–Kier alpha value is -1.26. The molecule has 0 saturated carbocycles. The van der Waals surface area contributed by atoms with Gasteiger partial charge in [0, 0.05) is 39.6 Å². The number of hydrogen-bond donors (Lipinski definition) is 2. The predicted molar refractivity (Wildman–Crippen MR) is 93.0 cm³/mol. The average molecular weight is 310 g/mol. The number of carbonyl (C=O) groups is 1. The lowest BCUT2D eigenvalue weighted by atomic mass is 9.93. The number of piperidine rings is 1. The molecule has 0 aromatic rings. The summed E-state index contributed by atoms with van der Waals surface area (Å²) in [6.07, 6.45) is 5.18.